The number of rotatable bonds is 9. The Labute approximate surface area is 245 Å². The second kappa shape index (κ2) is 13.2. The number of nitrogens with one attached hydrogen (secondary N) is 2. The molecule has 3 N–H and O–H groups in total. The first kappa shape index (κ1) is 29.9. The molecule has 0 unspecified atom stereocenters. The minimum absolute atomic E-state index is 0.0827. The quantitative estimate of drug-likeness (QED) is 0.112. The predicted molar refractivity (Wildman–Crippen MR) is 153 cm³/mol. The van der Waals surface area contributed by atoms with Gasteiger partial charge in [0.15, 0.2) is 6.23 Å². The SMILES string of the molecule is O=C(/C=C/c1cc(F)cc(C(F)(F)F)c1)N(Cc1ccc([C@H](O)Nc2nn[nH]n2)cc1)c1ccc(C2CCCCC2)cc1. The van der Waals surface area contributed by atoms with Crippen molar-refractivity contribution in [1.29, 1.82) is 0 Å². The van der Waals surface area contributed by atoms with Crippen molar-refractivity contribution in [2.45, 2.75) is 57.0 Å². The molecule has 4 aromatic rings. The van der Waals surface area contributed by atoms with Crippen LogP contribution in [0.4, 0.5) is 29.2 Å². The lowest BCUT2D eigenvalue weighted by Gasteiger charge is -2.25. The Bertz CT molecular complexity index is 1530. The smallest absolute Gasteiger partial charge is 0.369 e. The van der Waals surface area contributed by atoms with Crippen LogP contribution >= 0.6 is 0 Å². The van der Waals surface area contributed by atoms with Crippen LogP contribution in [0.3, 0.4) is 0 Å². The number of aromatic amines is 1. The lowest BCUT2D eigenvalue weighted by molar-refractivity contribution is -0.137. The molecule has 12 heteroatoms. The van der Waals surface area contributed by atoms with E-state index in [1.807, 2.05) is 24.3 Å². The summed E-state index contributed by atoms with van der Waals surface area (Å²) < 4.78 is 53.5. The molecule has 0 aliphatic heterocycles. The highest BCUT2D eigenvalue weighted by atomic mass is 19.4. The van der Waals surface area contributed by atoms with Crippen LogP contribution in [0.5, 0.6) is 0 Å². The van der Waals surface area contributed by atoms with Gasteiger partial charge in [0.25, 0.3) is 11.9 Å². The van der Waals surface area contributed by atoms with E-state index >= 15 is 0 Å². The number of aliphatic hydroxyl groups excluding tert-OH is 1. The normalized spacial score (nSPS) is 15.0. The van der Waals surface area contributed by atoms with Gasteiger partial charge in [-0.05, 0) is 77.1 Å². The molecule has 3 aromatic carbocycles. The molecule has 5 rings (SSSR count). The zero-order valence-electron chi connectivity index (χ0n) is 23.1. The van der Waals surface area contributed by atoms with Crippen LogP contribution in [0.2, 0.25) is 0 Å². The number of hydrogen-bond donors (Lipinski definition) is 3. The van der Waals surface area contributed by atoms with Gasteiger partial charge >= 0.3 is 6.18 Å². The topological polar surface area (TPSA) is 107 Å². The lowest BCUT2D eigenvalue weighted by Crippen LogP contribution is -2.28. The summed E-state index contributed by atoms with van der Waals surface area (Å²) in [4.78, 5) is 15.0. The van der Waals surface area contributed by atoms with Gasteiger partial charge < -0.3 is 15.3 Å². The number of halogens is 4. The molecule has 224 valence electrons. The van der Waals surface area contributed by atoms with Gasteiger partial charge in [0.1, 0.15) is 5.82 Å². The van der Waals surface area contributed by atoms with Crippen molar-refractivity contribution >= 4 is 23.6 Å². The maximum Gasteiger partial charge on any atom is 0.416 e. The summed E-state index contributed by atoms with van der Waals surface area (Å²) in [5, 5.41) is 26.3. The molecule has 0 radical (unpaired) electrons. The van der Waals surface area contributed by atoms with E-state index in [1.54, 1.807) is 24.3 Å². The molecule has 0 bridgehead atoms. The monoisotopic (exact) mass is 594 g/mol. The molecule has 43 heavy (non-hydrogen) atoms. The zero-order valence-corrected chi connectivity index (χ0v) is 23.1. The van der Waals surface area contributed by atoms with Gasteiger partial charge in [-0.3, -0.25) is 4.79 Å². The van der Waals surface area contributed by atoms with Gasteiger partial charge in [-0.25, -0.2) is 4.39 Å². The van der Waals surface area contributed by atoms with Gasteiger partial charge in [0, 0.05) is 17.3 Å². The van der Waals surface area contributed by atoms with Crippen LogP contribution in [0.15, 0.2) is 72.8 Å². The maximum absolute atomic E-state index is 13.9. The van der Waals surface area contributed by atoms with E-state index in [4.69, 9.17) is 0 Å². The van der Waals surface area contributed by atoms with Gasteiger partial charge in [-0.15, -0.1) is 5.10 Å². The Morgan fingerprint density at radius 1 is 1.05 bits per heavy atom. The maximum atomic E-state index is 13.9. The minimum Gasteiger partial charge on any atom is -0.369 e. The Balaban J connectivity index is 1.38. The van der Waals surface area contributed by atoms with Crippen molar-refractivity contribution < 1.29 is 27.5 Å². The van der Waals surface area contributed by atoms with Crippen molar-refractivity contribution in [3.63, 3.8) is 0 Å². The molecule has 1 atom stereocenters. The average molecular weight is 595 g/mol. The molecule has 0 spiro atoms. The number of anilines is 2. The lowest BCUT2D eigenvalue weighted by atomic mass is 9.84. The number of carbonyl (C=O) groups excluding carboxylic acids is 1. The summed E-state index contributed by atoms with van der Waals surface area (Å²) in [6.45, 7) is 0.136. The molecule has 1 aromatic heterocycles. The van der Waals surface area contributed by atoms with Crippen LogP contribution in [0, 0.1) is 5.82 Å². The van der Waals surface area contributed by atoms with Crippen LogP contribution in [-0.2, 0) is 17.5 Å². The molecular formula is C31H30F4N6O2. The first-order chi connectivity index (χ1) is 20.7. The third-order valence-corrected chi connectivity index (χ3v) is 7.46. The predicted octanol–water partition coefficient (Wildman–Crippen LogP) is 6.75. The molecule has 0 saturated heterocycles. The minimum atomic E-state index is -4.72. The number of aromatic nitrogens is 4. The number of nitrogens with zero attached hydrogens (tertiary/aromatic N) is 4. The third-order valence-electron chi connectivity index (χ3n) is 7.46. The number of amides is 1. The second-order valence-electron chi connectivity index (χ2n) is 10.5. The Kier molecular flexibility index (Phi) is 9.15. The average Bonchev–Trinajstić information content (AvgIpc) is 3.52. The van der Waals surface area contributed by atoms with E-state index in [9.17, 15) is 27.5 Å². The van der Waals surface area contributed by atoms with Crippen molar-refractivity contribution in [3.05, 3.63) is 106 Å². The summed E-state index contributed by atoms with van der Waals surface area (Å²) >= 11 is 0. The first-order valence-electron chi connectivity index (χ1n) is 13.9. The highest BCUT2D eigenvalue weighted by Crippen LogP contribution is 2.34. The van der Waals surface area contributed by atoms with Crippen LogP contribution < -0.4 is 10.2 Å². The van der Waals surface area contributed by atoms with Gasteiger partial charge in [-0.2, -0.15) is 18.4 Å². The van der Waals surface area contributed by atoms with Crippen molar-refractivity contribution in [1.82, 2.24) is 20.6 Å². The Morgan fingerprint density at radius 2 is 1.77 bits per heavy atom. The van der Waals surface area contributed by atoms with Crippen LogP contribution in [-0.4, -0.2) is 31.6 Å². The Hall–Kier alpha value is -4.58. The summed E-state index contributed by atoms with van der Waals surface area (Å²) in [6, 6.07) is 16.8. The third kappa shape index (κ3) is 7.83. The number of alkyl halides is 3. The number of carbonyl (C=O) groups is 1. The molecule has 1 amide bonds. The fourth-order valence-corrected chi connectivity index (χ4v) is 5.20. The fraction of sp³-hybridized carbons (Fsp3) is 0.290. The number of aliphatic hydroxyl groups is 1. The van der Waals surface area contributed by atoms with Gasteiger partial charge in [-0.1, -0.05) is 60.8 Å². The number of H-pyrrole nitrogens is 1. The molecule has 1 saturated carbocycles. The van der Waals surface area contributed by atoms with E-state index in [0.717, 1.165) is 36.6 Å². The highest BCUT2D eigenvalue weighted by Gasteiger charge is 2.31. The van der Waals surface area contributed by atoms with E-state index in [-0.39, 0.29) is 18.1 Å². The first-order valence-corrected chi connectivity index (χ1v) is 13.9. The number of hydrogen-bond acceptors (Lipinski definition) is 6. The van der Waals surface area contributed by atoms with Crippen LogP contribution in [0.1, 0.15) is 72.1 Å². The van der Waals surface area contributed by atoms with Crippen molar-refractivity contribution in [3.8, 4) is 0 Å². The largest absolute Gasteiger partial charge is 0.416 e. The highest BCUT2D eigenvalue weighted by molar-refractivity contribution is 6.03. The summed E-state index contributed by atoms with van der Waals surface area (Å²) in [7, 11) is 0. The van der Waals surface area contributed by atoms with E-state index in [0.29, 0.717) is 23.2 Å². The Morgan fingerprint density at radius 3 is 2.42 bits per heavy atom. The zero-order chi connectivity index (χ0) is 30.4. The van der Waals surface area contributed by atoms with Gasteiger partial charge in [0.05, 0.1) is 12.1 Å². The van der Waals surface area contributed by atoms with E-state index in [2.05, 4.69) is 25.9 Å². The summed E-state index contributed by atoms with van der Waals surface area (Å²) in [5.74, 6) is -0.945. The number of benzene rings is 3. The van der Waals surface area contributed by atoms with Crippen molar-refractivity contribution in [2.75, 3.05) is 10.2 Å². The fourth-order valence-electron chi connectivity index (χ4n) is 5.20. The van der Waals surface area contributed by atoms with Crippen molar-refractivity contribution in [2.24, 2.45) is 0 Å². The number of tetrazole rings is 1. The van der Waals surface area contributed by atoms with Crippen LogP contribution in [0.25, 0.3) is 6.08 Å². The summed E-state index contributed by atoms with van der Waals surface area (Å²) in [5.41, 5.74) is 1.85. The summed E-state index contributed by atoms with van der Waals surface area (Å²) in [6.07, 6.45) is 2.34. The second-order valence-corrected chi connectivity index (χ2v) is 10.5. The van der Waals surface area contributed by atoms with E-state index < -0.39 is 29.7 Å². The standard InChI is InChI=1S/C31H30F4N6O2/c32-26-17-21(16-25(18-26)31(33,34)35)8-15-28(42)41(27-13-11-23(12-14-27)22-4-2-1-3-5-22)19-20-6-9-24(10-7-20)29(43)36-30-37-39-40-38-30/h6-18,22,29,43H,1-5,19H2,(H2,36,37,38,39,40)/b15-8+/t29-/m0/s1. The molecule has 8 nitrogen and oxygen atoms in total. The molecule has 1 aliphatic rings. The molecular weight excluding hydrogens is 564 g/mol. The molecule has 1 fully saturated rings. The molecule has 1 aliphatic carbocycles. The molecule has 1 heterocycles. The van der Waals surface area contributed by atoms with E-state index in [1.165, 1.54) is 35.8 Å². The van der Waals surface area contributed by atoms with Gasteiger partial charge in [0.2, 0.25) is 0 Å².